The fraction of sp³-hybridized carbons (Fsp3) is 0.208. The van der Waals surface area contributed by atoms with Gasteiger partial charge in [0.25, 0.3) is 0 Å². The molecule has 25 heavy (non-hydrogen) atoms. The van der Waals surface area contributed by atoms with E-state index >= 15 is 0 Å². The first-order valence-corrected chi connectivity index (χ1v) is 8.82. The highest BCUT2D eigenvalue weighted by Crippen LogP contribution is 2.34. The van der Waals surface area contributed by atoms with Crippen LogP contribution in [0.2, 0.25) is 0 Å². The standard InChI is InChI=1S/C24H23N/c1-16-6-5-7-18(14-16)23-22-10-8-17-15-19(24(2,3)4)9-11-20(17)21(22)12-13-25-23/h5-15H,1-4H3. The Kier molecular flexibility index (Phi) is 3.61. The maximum absolute atomic E-state index is 4.68. The second kappa shape index (κ2) is 5.70. The molecule has 0 radical (unpaired) electrons. The highest BCUT2D eigenvalue weighted by atomic mass is 14.7. The van der Waals surface area contributed by atoms with Gasteiger partial charge in [-0.1, -0.05) is 74.9 Å². The molecule has 0 aliphatic carbocycles. The van der Waals surface area contributed by atoms with Crippen molar-refractivity contribution in [1.29, 1.82) is 0 Å². The molecule has 0 fully saturated rings. The zero-order chi connectivity index (χ0) is 17.6. The van der Waals surface area contributed by atoms with Gasteiger partial charge in [0.2, 0.25) is 0 Å². The molecule has 0 saturated carbocycles. The average Bonchev–Trinajstić information content (AvgIpc) is 2.59. The number of benzene rings is 3. The van der Waals surface area contributed by atoms with E-state index in [-0.39, 0.29) is 5.41 Å². The van der Waals surface area contributed by atoms with Crippen molar-refractivity contribution in [2.75, 3.05) is 0 Å². The van der Waals surface area contributed by atoms with Crippen molar-refractivity contribution in [3.63, 3.8) is 0 Å². The normalized spacial score (nSPS) is 12.0. The molecule has 3 aromatic carbocycles. The Morgan fingerprint density at radius 1 is 0.760 bits per heavy atom. The predicted octanol–water partition coefficient (Wildman–Crippen LogP) is 6.66. The fourth-order valence-corrected chi connectivity index (χ4v) is 3.48. The third-order valence-corrected chi connectivity index (χ3v) is 4.92. The smallest absolute Gasteiger partial charge is 0.0780 e. The first-order valence-electron chi connectivity index (χ1n) is 8.82. The molecular weight excluding hydrogens is 302 g/mol. The molecule has 0 N–H and O–H groups in total. The van der Waals surface area contributed by atoms with Gasteiger partial charge in [0, 0.05) is 17.1 Å². The van der Waals surface area contributed by atoms with Crippen LogP contribution in [0.15, 0.2) is 66.9 Å². The van der Waals surface area contributed by atoms with Gasteiger partial charge in [-0.05, 0) is 46.2 Å². The van der Waals surface area contributed by atoms with Gasteiger partial charge in [0.15, 0.2) is 0 Å². The van der Waals surface area contributed by atoms with E-state index in [1.54, 1.807) is 0 Å². The van der Waals surface area contributed by atoms with Crippen LogP contribution in [0.3, 0.4) is 0 Å². The predicted molar refractivity (Wildman–Crippen MR) is 108 cm³/mol. The Bertz CT molecular complexity index is 1080. The van der Waals surface area contributed by atoms with Crippen LogP contribution in [0.1, 0.15) is 31.9 Å². The first kappa shape index (κ1) is 15.8. The van der Waals surface area contributed by atoms with Gasteiger partial charge in [0.05, 0.1) is 5.69 Å². The van der Waals surface area contributed by atoms with Crippen molar-refractivity contribution in [2.45, 2.75) is 33.1 Å². The maximum Gasteiger partial charge on any atom is 0.0780 e. The summed E-state index contributed by atoms with van der Waals surface area (Å²) in [6.07, 6.45) is 1.93. The summed E-state index contributed by atoms with van der Waals surface area (Å²) in [6.45, 7) is 8.90. The van der Waals surface area contributed by atoms with Crippen LogP contribution in [0.4, 0.5) is 0 Å². The van der Waals surface area contributed by atoms with E-state index in [9.17, 15) is 0 Å². The van der Waals surface area contributed by atoms with Crippen molar-refractivity contribution in [3.8, 4) is 11.3 Å². The second-order valence-corrected chi connectivity index (χ2v) is 7.88. The summed E-state index contributed by atoms with van der Waals surface area (Å²) in [7, 11) is 0. The molecule has 0 bridgehead atoms. The lowest BCUT2D eigenvalue weighted by molar-refractivity contribution is 0.591. The van der Waals surface area contributed by atoms with E-state index < -0.39 is 0 Å². The second-order valence-electron chi connectivity index (χ2n) is 7.88. The van der Waals surface area contributed by atoms with Crippen molar-refractivity contribution < 1.29 is 0 Å². The Labute approximate surface area is 149 Å². The molecule has 4 rings (SSSR count). The lowest BCUT2D eigenvalue weighted by atomic mass is 9.85. The van der Waals surface area contributed by atoms with Gasteiger partial charge in [-0.15, -0.1) is 0 Å². The third-order valence-electron chi connectivity index (χ3n) is 4.92. The summed E-state index contributed by atoms with van der Waals surface area (Å²) < 4.78 is 0. The largest absolute Gasteiger partial charge is 0.256 e. The SMILES string of the molecule is Cc1cccc(-c2nccc3c2ccc2cc(C(C)(C)C)ccc23)c1. The summed E-state index contributed by atoms with van der Waals surface area (Å²) in [5.41, 5.74) is 5.02. The van der Waals surface area contributed by atoms with E-state index in [2.05, 4.69) is 93.3 Å². The van der Waals surface area contributed by atoms with Crippen LogP contribution in [0.25, 0.3) is 32.8 Å². The number of nitrogens with zero attached hydrogens (tertiary/aromatic N) is 1. The lowest BCUT2D eigenvalue weighted by Crippen LogP contribution is -2.10. The molecule has 124 valence electrons. The molecule has 0 unspecified atom stereocenters. The third kappa shape index (κ3) is 2.80. The van der Waals surface area contributed by atoms with Crippen molar-refractivity contribution in [3.05, 3.63) is 78.0 Å². The monoisotopic (exact) mass is 325 g/mol. The number of hydrogen-bond acceptors (Lipinski definition) is 1. The molecule has 0 aliphatic rings. The summed E-state index contributed by atoms with van der Waals surface area (Å²) in [4.78, 5) is 4.68. The van der Waals surface area contributed by atoms with E-state index in [0.717, 1.165) is 5.69 Å². The van der Waals surface area contributed by atoms with Gasteiger partial charge >= 0.3 is 0 Å². The minimum Gasteiger partial charge on any atom is -0.256 e. The Morgan fingerprint density at radius 3 is 2.32 bits per heavy atom. The van der Waals surface area contributed by atoms with Crippen LogP contribution < -0.4 is 0 Å². The van der Waals surface area contributed by atoms with Crippen LogP contribution in [-0.4, -0.2) is 4.98 Å². The maximum atomic E-state index is 4.68. The molecule has 0 spiro atoms. The van der Waals surface area contributed by atoms with Gasteiger partial charge in [0.1, 0.15) is 0 Å². The number of hydrogen-bond donors (Lipinski definition) is 0. The number of rotatable bonds is 1. The molecule has 1 aromatic heterocycles. The average molecular weight is 325 g/mol. The summed E-state index contributed by atoms with van der Waals surface area (Å²) >= 11 is 0. The molecule has 0 atom stereocenters. The van der Waals surface area contributed by atoms with Crippen molar-refractivity contribution in [2.24, 2.45) is 0 Å². The van der Waals surface area contributed by atoms with Gasteiger partial charge in [-0.2, -0.15) is 0 Å². The fourth-order valence-electron chi connectivity index (χ4n) is 3.48. The van der Waals surface area contributed by atoms with Gasteiger partial charge in [-0.25, -0.2) is 0 Å². The van der Waals surface area contributed by atoms with Crippen molar-refractivity contribution >= 4 is 21.5 Å². The topological polar surface area (TPSA) is 12.9 Å². The minimum absolute atomic E-state index is 0.161. The molecule has 0 amide bonds. The number of pyridine rings is 1. The Morgan fingerprint density at radius 2 is 1.56 bits per heavy atom. The molecule has 1 heteroatoms. The van der Waals surface area contributed by atoms with E-state index in [0.29, 0.717) is 0 Å². The Balaban J connectivity index is 1.99. The zero-order valence-corrected chi connectivity index (χ0v) is 15.3. The quantitative estimate of drug-likeness (QED) is 0.356. The molecule has 1 heterocycles. The molecule has 1 nitrogen and oxygen atoms in total. The lowest BCUT2D eigenvalue weighted by Gasteiger charge is -2.20. The van der Waals surface area contributed by atoms with Crippen molar-refractivity contribution in [1.82, 2.24) is 4.98 Å². The van der Waals surface area contributed by atoms with Crippen LogP contribution in [-0.2, 0) is 5.41 Å². The highest BCUT2D eigenvalue weighted by molar-refractivity contribution is 6.11. The minimum atomic E-state index is 0.161. The summed E-state index contributed by atoms with van der Waals surface area (Å²) in [5.74, 6) is 0. The Hall–Kier alpha value is -2.67. The summed E-state index contributed by atoms with van der Waals surface area (Å²) in [6, 6.07) is 22.0. The highest BCUT2D eigenvalue weighted by Gasteiger charge is 2.15. The van der Waals surface area contributed by atoms with E-state index in [1.807, 2.05) is 6.20 Å². The van der Waals surface area contributed by atoms with E-state index in [4.69, 9.17) is 0 Å². The number of fused-ring (bicyclic) bond motifs is 3. The van der Waals surface area contributed by atoms with Crippen LogP contribution >= 0.6 is 0 Å². The zero-order valence-electron chi connectivity index (χ0n) is 15.3. The summed E-state index contributed by atoms with van der Waals surface area (Å²) in [5, 5.41) is 5.07. The van der Waals surface area contributed by atoms with Crippen LogP contribution in [0.5, 0.6) is 0 Å². The molecular formula is C24H23N. The molecule has 0 saturated heterocycles. The molecule has 0 aliphatic heterocycles. The van der Waals surface area contributed by atoms with Crippen LogP contribution in [0, 0.1) is 6.92 Å². The molecule has 4 aromatic rings. The van der Waals surface area contributed by atoms with Gasteiger partial charge < -0.3 is 0 Å². The number of aryl methyl sites for hydroxylation is 1. The van der Waals surface area contributed by atoms with Gasteiger partial charge in [-0.3, -0.25) is 4.98 Å². The first-order chi connectivity index (χ1) is 11.9. The number of aromatic nitrogens is 1. The van der Waals surface area contributed by atoms with E-state index in [1.165, 1.54) is 38.2 Å².